The molecule has 2 atom stereocenters. The molecule has 0 aromatic heterocycles. The highest BCUT2D eigenvalue weighted by atomic mass is 16.5. The molecule has 1 N–H and O–H groups in total. The number of aliphatic carboxylic acids is 1. The number of carboxylic acid groups (broad SMARTS) is 1. The van der Waals surface area contributed by atoms with E-state index in [-0.39, 0.29) is 23.5 Å². The van der Waals surface area contributed by atoms with Crippen molar-refractivity contribution in [3.8, 4) is 16.9 Å². The molecule has 0 heterocycles. The molecule has 0 spiro atoms. The van der Waals surface area contributed by atoms with E-state index in [4.69, 9.17) is 4.74 Å². The van der Waals surface area contributed by atoms with Crippen LogP contribution in [0.25, 0.3) is 11.1 Å². The van der Waals surface area contributed by atoms with Crippen molar-refractivity contribution < 1.29 is 19.4 Å². The van der Waals surface area contributed by atoms with E-state index in [0.29, 0.717) is 18.4 Å². The van der Waals surface area contributed by atoms with E-state index in [1.807, 2.05) is 42.5 Å². The number of ether oxygens (including phenoxy) is 1. The van der Waals surface area contributed by atoms with Crippen LogP contribution in [-0.4, -0.2) is 16.9 Å². The lowest BCUT2D eigenvalue weighted by Crippen LogP contribution is -2.16. The quantitative estimate of drug-likeness (QED) is 0.278. The predicted molar refractivity (Wildman–Crippen MR) is 151 cm³/mol. The minimum absolute atomic E-state index is 0.0531. The Morgan fingerprint density at radius 2 is 1.79 bits per heavy atom. The summed E-state index contributed by atoms with van der Waals surface area (Å²) < 4.78 is 6.26. The molecule has 0 unspecified atom stereocenters. The van der Waals surface area contributed by atoms with Crippen molar-refractivity contribution in [2.75, 3.05) is 0 Å². The molecular weight excluding hydrogens is 472 g/mol. The summed E-state index contributed by atoms with van der Waals surface area (Å²) in [6.07, 6.45) is 5.95. The smallest absolute Gasteiger partial charge is 0.303 e. The van der Waals surface area contributed by atoms with Crippen LogP contribution in [0.2, 0.25) is 0 Å². The van der Waals surface area contributed by atoms with Crippen LogP contribution in [0.1, 0.15) is 98.2 Å². The standard InChI is InChI=1S/C34H38O4/c1-22(35)25-7-4-8-26(18-25)29-15-12-23(17-31(29)32-11-6-16-34(32,2)3)21-38-28-10-5-9-27(19-28)30(20-33(36)37)24-13-14-24/h4-5,7-10,12,15,17-19,24,30,32H,6,11,13-14,16,20-21H2,1-3H3,(H,36,37)/t30-,32-/m1/s1. The van der Waals surface area contributed by atoms with E-state index in [0.717, 1.165) is 47.3 Å². The summed E-state index contributed by atoms with van der Waals surface area (Å²) in [6, 6.07) is 22.6. The van der Waals surface area contributed by atoms with Gasteiger partial charge >= 0.3 is 5.97 Å². The minimum Gasteiger partial charge on any atom is -0.489 e. The normalized spacial score (nSPS) is 19.2. The molecule has 4 heteroatoms. The van der Waals surface area contributed by atoms with Gasteiger partial charge < -0.3 is 9.84 Å². The van der Waals surface area contributed by atoms with Gasteiger partial charge in [0.1, 0.15) is 12.4 Å². The second-order valence-corrected chi connectivity index (χ2v) is 11.9. The number of carbonyl (C=O) groups is 2. The Bertz CT molecular complexity index is 1330. The molecule has 0 bridgehead atoms. The summed E-state index contributed by atoms with van der Waals surface area (Å²) in [7, 11) is 0. The SMILES string of the molecule is CC(=O)c1cccc(-c2ccc(COc3cccc([C@H](CC(=O)O)C4CC4)c3)cc2[C@H]2CCCC2(C)C)c1. The van der Waals surface area contributed by atoms with E-state index in [2.05, 4.69) is 38.1 Å². The Balaban J connectivity index is 1.42. The first-order chi connectivity index (χ1) is 18.2. The summed E-state index contributed by atoms with van der Waals surface area (Å²) in [4.78, 5) is 23.5. The van der Waals surface area contributed by atoms with Gasteiger partial charge in [-0.3, -0.25) is 9.59 Å². The molecule has 2 aliphatic carbocycles. The van der Waals surface area contributed by atoms with Crippen LogP contribution in [-0.2, 0) is 11.4 Å². The summed E-state index contributed by atoms with van der Waals surface area (Å²) in [5.74, 6) is 1.07. The van der Waals surface area contributed by atoms with Crippen LogP contribution in [0.15, 0.2) is 66.7 Å². The number of Topliss-reactive ketones (excluding diaryl/α,β-unsaturated/α-hetero) is 1. The average Bonchev–Trinajstić information content (AvgIpc) is 3.68. The van der Waals surface area contributed by atoms with Crippen LogP contribution in [0.3, 0.4) is 0 Å². The fraction of sp³-hybridized carbons (Fsp3) is 0.412. The number of hydrogen-bond acceptors (Lipinski definition) is 3. The van der Waals surface area contributed by atoms with Crippen molar-refractivity contribution in [3.05, 3.63) is 89.0 Å². The van der Waals surface area contributed by atoms with Crippen molar-refractivity contribution in [1.29, 1.82) is 0 Å². The van der Waals surface area contributed by atoms with E-state index in [9.17, 15) is 14.7 Å². The number of hydrogen-bond donors (Lipinski definition) is 1. The third kappa shape index (κ3) is 5.85. The van der Waals surface area contributed by atoms with Crippen molar-refractivity contribution in [1.82, 2.24) is 0 Å². The Kier molecular flexibility index (Phi) is 7.43. The molecule has 38 heavy (non-hydrogen) atoms. The molecule has 2 aliphatic rings. The fourth-order valence-corrected chi connectivity index (χ4v) is 6.31. The van der Waals surface area contributed by atoms with Gasteiger partial charge in [0.2, 0.25) is 0 Å². The van der Waals surface area contributed by atoms with Gasteiger partial charge in [0.15, 0.2) is 5.78 Å². The summed E-state index contributed by atoms with van der Waals surface area (Å²) >= 11 is 0. The van der Waals surface area contributed by atoms with Gasteiger partial charge in [-0.1, -0.05) is 68.8 Å². The highest BCUT2D eigenvalue weighted by Gasteiger charge is 2.37. The second kappa shape index (κ2) is 10.8. The predicted octanol–water partition coefficient (Wildman–Crippen LogP) is 8.40. The third-order valence-corrected chi connectivity index (χ3v) is 8.61. The molecule has 0 saturated heterocycles. The Hall–Kier alpha value is -3.40. The Morgan fingerprint density at radius 1 is 1.00 bits per heavy atom. The fourth-order valence-electron chi connectivity index (χ4n) is 6.31. The maximum Gasteiger partial charge on any atom is 0.303 e. The van der Waals surface area contributed by atoms with Gasteiger partial charge in [0.25, 0.3) is 0 Å². The Labute approximate surface area is 226 Å². The lowest BCUT2D eigenvalue weighted by atomic mass is 9.75. The number of benzene rings is 3. The summed E-state index contributed by atoms with van der Waals surface area (Å²) in [5.41, 5.74) is 6.73. The molecule has 0 radical (unpaired) electrons. The lowest BCUT2D eigenvalue weighted by molar-refractivity contribution is -0.137. The zero-order valence-electron chi connectivity index (χ0n) is 22.7. The van der Waals surface area contributed by atoms with Crippen LogP contribution >= 0.6 is 0 Å². The van der Waals surface area contributed by atoms with E-state index in [1.165, 1.54) is 24.0 Å². The Morgan fingerprint density at radius 3 is 2.47 bits per heavy atom. The van der Waals surface area contributed by atoms with Crippen LogP contribution in [0.4, 0.5) is 0 Å². The third-order valence-electron chi connectivity index (χ3n) is 8.61. The topological polar surface area (TPSA) is 63.6 Å². The zero-order chi connectivity index (χ0) is 26.9. The molecule has 3 aromatic carbocycles. The van der Waals surface area contributed by atoms with Gasteiger partial charge in [-0.2, -0.15) is 0 Å². The molecule has 198 valence electrons. The van der Waals surface area contributed by atoms with Gasteiger partial charge in [0.05, 0.1) is 6.42 Å². The monoisotopic (exact) mass is 510 g/mol. The number of carboxylic acids is 1. The second-order valence-electron chi connectivity index (χ2n) is 11.9. The van der Waals surface area contributed by atoms with E-state index >= 15 is 0 Å². The van der Waals surface area contributed by atoms with Crippen LogP contribution in [0, 0.1) is 11.3 Å². The summed E-state index contributed by atoms with van der Waals surface area (Å²) in [6.45, 7) is 6.79. The van der Waals surface area contributed by atoms with Crippen LogP contribution < -0.4 is 4.74 Å². The van der Waals surface area contributed by atoms with Crippen LogP contribution in [0.5, 0.6) is 5.75 Å². The average molecular weight is 511 g/mol. The lowest BCUT2D eigenvalue weighted by Gasteiger charge is -2.30. The molecule has 5 rings (SSSR count). The number of carbonyl (C=O) groups excluding carboxylic acids is 1. The molecular formula is C34H38O4. The first kappa shape index (κ1) is 26.2. The molecule has 3 aromatic rings. The minimum atomic E-state index is -0.746. The van der Waals surface area contributed by atoms with Crippen molar-refractivity contribution in [2.24, 2.45) is 11.3 Å². The largest absolute Gasteiger partial charge is 0.489 e. The van der Waals surface area contributed by atoms with E-state index in [1.54, 1.807) is 6.92 Å². The molecule has 0 amide bonds. The zero-order valence-corrected chi connectivity index (χ0v) is 22.7. The summed E-state index contributed by atoms with van der Waals surface area (Å²) in [5, 5.41) is 9.39. The first-order valence-corrected chi connectivity index (χ1v) is 13.9. The van der Waals surface area contributed by atoms with Gasteiger partial charge in [-0.15, -0.1) is 0 Å². The van der Waals surface area contributed by atoms with Gasteiger partial charge in [-0.25, -0.2) is 0 Å². The van der Waals surface area contributed by atoms with Crippen molar-refractivity contribution in [2.45, 2.75) is 77.7 Å². The molecule has 2 fully saturated rings. The van der Waals surface area contributed by atoms with Gasteiger partial charge in [-0.05, 0) is 102 Å². The number of rotatable bonds is 10. The van der Waals surface area contributed by atoms with Crippen molar-refractivity contribution in [3.63, 3.8) is 0 Å². The van der Waals surface area contributed by atoms with Gasteiger partial charge in [0, 0.05) is 5.56 Å². The maximum absolute atomic E-state index is 12.1. The van der Waals surface area contributed by atoms with Crippen molar-refractivity contribution >= 4 is 11.8 Å². The highest BCUT2D eigenvalue weighted by molar-refractivity contribution is 5.95. The maximum atomic E-state index is 12.1. The first-order valence-electron chi connectivity index (χ1n) is 13.9. The molecule has 2 saturated carbocycles. The highest BCUT2D eigenvalue weighted by Crippen LogP contribution is 2.51. The van der Waals surface area contributed by atoms with E-state index < -0.39 is 5.97 Å². The molecule has 4 nitrogen and oxygen atoms in total. The molecule has 0 aliphatic heterocycles. The number of ketones is 1.